The van der Waals surface area contributed by atoms with Crippen molar-refractivity contribution in [1.82, 2.24) is 10.3 Å². The van der Waals surface area contributed by atoms with E-state index < -0.39 is 5.97 Å². The summed E-state index contributed by atoms with van der Waals surface area (Å²) in [6, 6.07) is 0. The molecule has 0 aromatic carbocycles. The van der Waals surface area contributed by atoms with E-state index in [1.807, 2.05) is 0 Å². The van der Waals surface area contributed by atoms with Crippen molar-refractivity contribution in [3.05, 3.63) is 16.1 Å². The standard InChI is InChI=1S/C8H10N2O3S/c1-2-6(11)9-3-7-10-5(4-14-7)8(12)13/h4H,2-3H2,1H3,(H,9,11)(H,12,13). The van der Waals surface area contributed by atoms with Crippen molar-refractivity contribution < 1.29 is 14.7 Å². The molecular weight excluding hydrogens is 204 g/mol. The van der Waals surface area contributed by atoms with E-state index in [9.17, 15) is 9.59 Å². The van der Waals surface area contributed by atoms with Crippen molar-refractivity contribution in [2.45, 2.75) is 19.9 Å². The number of aromatic nitrogens is 1. The molecule has 5 nitrogen and oxygen atoms in total. The van der Waals surface area contributed by atoms with E-state index >= 15 is 0 Å². The van der Waals surface area contributed by atoms with Crippen LogP contribution in [0.2, 0.25) is 0 Å². The molecule has 0 aliphatic carbocycles. The molecule has 1 aromatic heterocycles. The fourth-order valence-corrected chi connectivity index (χ4v) is 1.50. The maximum absolute atomic E-state index is 10.9. The Balaban J connectivity index is 2.52. The Morgan fingerprint density at radius 2 is 2.36 bits per heavy atom. The molecule has 1 heterocycles. The van der Waals surface area contributed by atoms with Gasteiger partial charge in [0.15, 0.2) is 5.69 Å². The van der Waals surface area contributed by atoms with Crippen LogP contribution in [0.5, 0.6) is 0 Å². The SMILES string of the molecule is CCC(=O)NCc1nc(C(=O)O)cs1. The van der Waals surface area contributed by atoms with Gasteiger partial charge in [-0.3, -0.25) is 4.79 Å². The smallest absolute Gasteiger partial charge is 0.355 e. The van der Waals surface area contributed by atoms with Gasteiger partial charge in [0.1, 0.15) is 5.01 Å². The number of carbonyl (C=O) groups excluding carboxylic acids is 1. The molecule has 76 valence electrons. The van der Waals surface area contributed by atoms with Gasteiger partial charge >= 0.3 is 5.97 Å². The fraction of sp³-hybridized carbons (Fsp3) is 0.375. The maximum atomic E-state index is 10.9. The van der Waals surface area contributed by atoms with Crippen molar-refractivity contribution in [1.29, 1.82) is 0 Å². The number of rotatable bonds is 4. The van der Waals surface area contributed by atoms with Crippen LogP contribution in [0.3, 0.4) is 0 Å². The average molecular weight is 214 g/mol. The van der Waals surface area contributed by atoms with Crippen LogP contribution in [0.1, 0.15) is 28.8 Å². The van der Waals surface area contributed by atoms with Gasteiger partial charge in [-0.15, -0.1) is 11.3 Å². The van der Waals surface area contributed by atoms with Crippen LogP contribution in [-0.2, 0) is 11.3 Å². The Bertz CT molecular complexity index is 348. The third kappa shape index (κ3) is 2.81. The second-order valence-corrected chi connectivity index (χ2v) is 3.50. The van der Waals surface area contributed by atoms with Gasteiger partial charge in [-0.05, 0) is 0 Å². The zero-order valence-corrected chi connectivity index (χ0v) is 8.43. The number of hydrogen-bond acceptors (Lipinski definition) is 4. The lowest BCUT2D eigenvalue weighted by Gasteiger charge is -1.98. The molecule has 0 radical (unpaired) electrons. The molecule has 0 fully saturated rings. The number of aromatic carboxylic acids is 1. The predicted molar refractivity (Wildman–Crippen MR) is 51.2 cm³/mol. The summed E-state index contributed by atoms with van der Waals surface area (Å²) >= 11 is 1.22. The molecule has 1 amide bonds. The van der Waals surface area contributed by atoms with Crippen LogP contribution in [0.4, 0.5) is 0 Å². The van der Waals surface area contributed by atoms with E-state index in [4.69, 9.17) is 5.11 Å². The number of hydrogen-bond donors (Lipinski definition) is 2. The summed E-state index contributed by atoms with van der Waals surface area (Å²) in [6.07, 6.45) is 0.414. The van der Waals surface area contributed by atoms with Gasteiger partial charge in [0, 0.05) is 11.8 Å². The van der Waals surface area contributed by atoms with Crippen molar-refractivity contribution in [3.63, 3.8) is 0 Å². The molecule has 0 spiro atoms. The molecule has 0 saturated heterocycles. The van der Waals surface area contributed by atoms with E-state index in [1.165, 1.54) is 16.7 Å². The molecule has 2 N–H and O–H groups in total. The maximum Gasteiger partial charge on any atom is 0.355 e. The fourth-order valence-electron chi connectivity index (χ4n) is 0.790. The minimum atomic E-state index is -1.05. The molecule has 0 aliphatic heterocycles. The Hall–Kier alpha value is -1.43. The number of carboxylic acid groups (broad SMARTS) is 1. The minimum Gasteiger partial charge on any atom is -0.476 e. The summed E-state index contributed by atoms with van der Waals surface area (Å²) in [4.78, 5) is 25.2. The molecule has 0 aliphatic rings. The van der Waals surface area contributed by atoms with Gasteiger partial charge in [-0.25, -0.2) is 9.78 Å². The normalized spacial score (nSPS) is 9.79. The van der Waals surface area contributed by atoms with Crippen LogP contribution in [-0.4, -0.2) is 22.0 Å². The lowest BCUT2D eigenvalue weighted by Crippen LogP contribution is -2.21. The average Bonchev–Trinajstić information content (AvgIpc) is 2.62. The number of nitrogens with one attached hydrogen (secondary N) is 1. The molecule has 0 bridgehead atoms. The van der Waals surface area contributed by atoms with Crippen molar-refractivity contribution in [3.8, 4) is 0 Å². The first kappa shape index (κ1) is 10.6. The number of carbonyl (C=O) groups is 2. The largest absolute Gasteiger partial charge is 0.476 e. The molecule has 6 heteroatoms. The number of thiazole rings is 1. The van der Waals surface area contributed by atoms with Gasteiger partial charge < -0.3 is 10.4 Å². The molecule has 1 rings (SSSR count). The molecule has 0 saturated carbocycles. The second-order valence-electron chi connectivity index (χ2n) is 2.56. The molecule has 1 aromatic rings. The van der Waals surface area contributed by atoms with E-state index in [0.717, 1.165) is 0 Å². The summed E-state index contributed by atoms with van der Waals surface area (Å²) in [6.45, 7) is 2.05. The van der Waals surface area contributed by atoms with Gasteiger partial charge in [0.2, 0.25) is 5.91 Å². The third-order valence-electron chi connectivity index (χ3n) is 1.53. The topological polar surface area (TPSA) is 79.3 Å². The summed E-state index contributed by atoms with van der Waals surface area (Å²) in [5, 5.41) is 13.3. The number of nitrogens with zero attached hydrogens (tertiary/aromatic N) is 1. The highest BCUT2D eigenvalue weighted by Gasteiger charge is 2.08. The summed E-state index contributed by atoms with van der Waals surface area (Å²) in [7, 11) is 0. The van der Waals surface area contributed by atoms with E-state index in [-0.39, 0.29) is 11.6 Å². The van der Waals surface area contributed by atoms with Crippen molar-refractivity contribution in [2.24, 2.45) is 0 Å². The Kier molecular flexibility index (Phi) is 3.58. The van der Waals surface area contributed by atoms with E-state index in [0.29, 0.717) is 18.0 Å². The van der Waals surface area contributed by atoms with Gasteiger partial charge in [0.25, 0.3) is 0 Å². The van der Waals surface area contributed by atoms with Crippen LogP contribution in [0.25, 0.3) is 0 Å². The number of amides is 1. The predicted octanol–water partition coefficient (Wildman–Crippen LogP) is 0.867. The Morgan fingerprint density at radius 3 is 2.86 bits per heavy atom. The Morgan fingerprint density at radius 1 is 1.64 bits per heavy atom. The van der Waals surface area contributed by atoms with Gasteiger partial charge in [0.05, 0.1) is 6.54 Å². The van der Waals surface area contributed by atoms with Crippen molar-refractivity contribution in [2.75, 3.05) is 0 Å². The van der Waals surface area contributed by atoms with Gasteiger partial charge in [-0.1, -0.05) is 6.92 Å². The monoisotopic (exact) mass is 214 g/mol. The molecule has 0 unspecified atom stereocenters. The molecular formula is C8H10N2O3S. The summed E-state index contributed by atoms with van der Waals surface area (Å²) < 4.78 is 0. The highest BCUT2D eigenvalue weighted by molar-refractivity contribution is 7.09. The summed E-state index contributed by atoms with van der Waals surface area (Å²) in [5.41, 5.74) is 0.0238. The lowest BCUT2D eigenvalue weighted by molar-refractivity contribution is -0.120. The quantitative estimate of drug-likeness (QED) is 0.779. The first-order valence-electron chi connectivity index (χ1n) is 4.08. The first-order chi connectivity index (χ1) is 6.63. The number of carboxylic acids is 1. The van der Waals surface area contributed by atoms with Crippen molar-refractivity contribution >= 4 is 23.2 Å². The van der Waals surface area contributed by atoms with Crippen LogP contribution in [0.15, 0.2) is 5.38 Å². The second kappa shape index (κ2) is 4.71. The Labute approximate surface area is 84.8 Å². The first-order valence-corrected chi connectivity index (χ1v) is 4.95. The third-order valence-corrected chi connectivity index (χ3v) is 2.38. The zero-order valence-electron chi connectivity index (χ0n) is 7.61. The lowest BCUT2D eigenvalue weighted by atomic mass is 10.4. The minimum absolute atomic E-state index is 0.0238. The molecule has 0 atom stereocenters. The highest BCUT2D eigenvalue weighted by Crippen LogP contribution is 2.09. The van der Waals surface area contributed by atoms with Crippen LogP contribution >= 0.6 is 11.3 Å². The van der Waals surface area contributed by atoms with Crippen LogP contribution < -0.4 is 5.32 Å². The van der Waals surface area contributed by atoms with E-state index in [2.05, 4.69) is 10.3 Å². The zero-order chi connectivity index (χ0) is 10.6. The highest BCUT2D eigenvalue weighted by atomic mass is 32.1. The van der Waals surface area contributed by atoms with Crippen LogP contribution in [0, 0.1) is 0 Å². The van der Waals surface area contributed by atoms with Gasteiger partial charge in [-0.2, -0.15) is 0 Å². The molecule has 14 heavy (non-hydrogen) atoms. The summed E-state index contributed by atoms with van der Waals surface area (Å²) in [5.74, 6) is -1.12. The van der Waals surface area contributed by atoms with E-state index in [1.54, 1.807) is 6.92 Å².